The molecule has 0 atom stereocenters. The van der Waals surface area contributed by atoms with Crippen molar-refractivity contribution in [3.63, 3.8) is 0 Å². The smallest absolute Gasteiger partial charge is 0.315 e. The first-order valence-electron chi connectivity index (χ1n) is 8.14. The summed E-state index contributed by atoms with van der Waals surface area (Å²) in [4.78, 5) is 23.5. The van der Waals surface area contributed by atoms with Crippen LogP contribution in [0.2, 0.25) is 0 Å². The minimum absolute atomic E-state index is 0. The number of carbonyl (C=O) groups is 2. The van der Waals surface area contributed by atoms with Crippen LogP contribution in [0, 0.1) is 0 Å². The summed E-state index contributed by atoms with van der Waals surface area (Å²) in [5.74, 6) is -0.111. The first kappa shape index (κ1) is 23.2. The van der Waals surface area contributed by atoms with E-state index in [9.17, 15) is 9.59 Å². The van der Waals surface area contributed by atoms with E-state index in [0.717, 1.165) is 12.1 Å². The number of ether oxygens (including phenoxy) is 1. The molecule has 7 nitrogen and oxygen atoms in total. The highest BCUT2D eigenvalue weighted by molar-refractivity contribution is 5.94. The van der Waals surface area contributed by atoms with Crippen molar-refractivity contribution in [1.29, 1.82) is 0 Å². The molecule has 0 unspecified atom stereocenters. The maximum absolute atomic E-state index is 12.0. The Morgan fingerprint density at radius 2 is 1.72 bits per heavy atom. The van der Waals surface area contributed by atoms with E-state index < -0.39 is 0 Å². The average Bonchev–Trinajstić information content (AvgIpc) is 2.56. The van der Waals surface area contributed by atoms with Gasteiger partial charge in [0.05, 0.1) is 6.61 Å². The lowest BCUT2D eigenvalue weighted by Crippen LogP contribution is -2.39. The lowest BCUT2D eigenvalue weighted by Gasteiger charge is -2.10. The van der Waals surface area contributed by atoms with Gasteiger partial charge in [-0.2, -0.15) is 0 Å². The molecule has 0 saturated heterocycles. The minimum Gasteiger partial charge on any atom is -0.383 e. The molecule has 0 heterocycles. The summed E-state index contributed by atoms with van der Waals surface area (Å²) in [7, 11) is 1.65. The molecular formula is C17H29ClN4O3. The summed E-state index contributed by atoms with van der Waals surface area (Å²) >= 11 is 0. The number of rotatable bonds is 10. The molecule has 0 aromatic heterocycles. The maximum atomic E-state index is 12.0. The molecule has 0 spiro atoms. The van der Waals surface area contributed by atoms with E-state index in [-0.39, 0.29) is 30.4 Å². The molecular weight excluding hydrogens is 344 g/mol. The number of methoxy groups -OCH3 is 1. The highest BCUT2D eigenvalue weighted by Gasteiger charge is 2.06. The number of benzene rings is 1. The SMILES string of the molecule is COCCNCCNC(=O)c1ccc(CNC(=O)NC(C)C)cc1.Cl. The van der Waals surface area contributed by atoms with E-state index in [1.54, 1.807) is 19.2 Å². The molecule has 0 bridgehead atoms. The van der Waals surface area contributed by atoms with Gasteiger partial charge in [-0.05, 0) is 31.5 Å². The number of hydrogen-bond donors (Lipinski definition) is 4. The Hall–Kier alpha value is -1.83. The lowest BCUT2D eigenvalue weighted by atomic mass is 10.1. The van der Waals surface area contributed by atoms with Gasteiger partial charge in [-0.15, -0.1) is 12.4 Å². The minimum atomic E-state index is -0.201. The highest BCUT2D eigenvalue weighted by Crippen LogP contribution is 2.04. The van der Waals surface area contributed by atoms with Gasteiger partial charge in [-0.25, -0.2) is 4.79 Å². The number of hydrogen-bond acceptors (Lipinski definition) is 4. The molecule has 8 heteroatoms. The summed E-state index contributed by atoms with van der Waals surface area (Å²) in [6.45, 7) is 6.89. The van der Waals surface area contributed by atoms with Crippen LogP contribution in [0.3, 0.4) is 0 Å². The van der Waals surface area contributed by atoms with E-state index in [1.807, 2.05) is 26.0 Å². The van der Waals surface area contributed by atoms with Crippen LogP contribution < -0.4 is 21.3 Å². The Morgan fingerprint density at radius 3 is 2.32 bits per heavy atom. The second-order valence-corrected chi connectivity index (χ2v) is 5.68. The van der Waals surface area contributed by atoms with Crippen LogP contribution in [-0.4, -0.2) is 51.3 Å². The predicted molar refractivity (Wildman–Crippen MR) is 101 cm³/mol. The average molecular weight is 373 g/mol. The molecule has 3 amide bonds. The van der Waals surface area contributed by atoms with Gasteiger partial charge in [-0.1, -0.05) is 12.1 Å². The van der Waals surface area contributed by atoms with Gasteiger partial charge < -0.3 is 26.0 Å². The Labute approximate surface area is 155 Å². The fourth-order valence-electron chi connectivity index (χ4n) is 1.94. The summed E-state index contributed by atoms with van der Waals surface area (Å²) < 4.78 is 4.92. The number of amides is 3. The molecule has 1 rings (SSSR count). The first-order valence-corrected chi connectivity index (χ1v) is 8.14. The monoisotopic (exact) mass is 372 g/mol. The van der Waals surface area contributed by atoms with Crippen LogP contribution in [0.5, 0.6) is 0 Å². The molecule has 0 aliphatic rings. The quantitative estimate of drug-likeness (QED) is 0.466. The van der Waals surface area contributed by atoms with E-state index in [4.69, 9.17) is 4.74 Å². The van der Waals surface area contributed by atoms with E-state index in [0.29, 0.717) is 31.8 Å². The zero-order valence-corrected chi connectivity index (χ0v) is 15.9. The van der Waals surface area contributed by atoms with E-state index in [1.165, 1.54) is 0 Å². The van der Waals surface area contributed by atoms with Crippen LogP contribution in [-0.2, 0) is 11.3 Å². The number of carbonyl (C=O) groups excluding carboxylic acids is 2. The van der Waals surface area contributed by atoms with Crippen molar-refractivity contribution >= 4 is 24.3 Å². The summed E-state index contributed by atoms with van der Waals surface area (Å²) in [5.41, 5.74) is 1.54. The second-order valence-electron chi connectivity index (χ2n) is 5.68. The standard InChI is InChI=1S/C17H28N4O3.ClH/c1-13(2)21-17(23)20-12-14-4-6-15(7-5-14)16(22)19-9-8-18-10-11-24-3;/h4-7,13,18H,8-12H2,1-3H3,(H,19,22)(H2,20,21,23);1H. The Morgan fingerprint density at radius 1 is 1.04 bits per heavy atom. The molecule has 142 valence electrons. The van der Waals surface area contributed by atoms with Gasteiger partial charge in [0.15, 0.2) is 0 Å². The molecule has 25 heavy (non-hydrogen) atoms. The van der Waals surface area contributed by atoms with Crippen LogP contribution in [0.25, 0.3) is 0 Å². The van der Waals surface area contributed by atoms with Gasteiger partial charge in [0.25, 0.3) is 5.91 Å². The van der Waals surface area contributed by atoms with Crippen LogP contribution >= 0.6 is 12.4 Å². The zero-order valence-electron chi connectivity index (χ0n) is 15.1. The Kier molecular flexibility index (Phi) is 12.5. The molecule has 1 aromatic carbocycles. The van der Waals surface area contributed by atoms with Gasteiger partial charge in [0.1, 0.15) is 0 Å². The van der Waals surface area contributed by atoms with Crippen molar-refractivity contribution in [3.05, 3.63) is 35.4 Å². The molecule has 4 N–H and O–H groups in total. The zero-order chi connectivity index (χ0) is 17.8. The lowest BCUT2D eigenvalue weighted by molar-refractivity contribution is 0.0953. The van der Waals surface area contributed by atoms with E-state index in [2.05, 4.69) is 21.3 Å². The van der Waals surface area contributed by atoms with Crippen LogP contribution in [0.4, 0.5) is 4.79 Å². The van der Waals surface area contributed by atoms with Crippen molar-refractivity contribution in [2.75, 3.05) is 33.4 Å². The summed E-state index contributed by atoms with van der Waals surface area (Å²) in [6, 6.07) is 7.08. The van der Waals surface area contributed by atoms with Crippen molar-refractivity contribution in [3.8, 4) is 0 Å². The highest BCUT2D eigenvalue weighted by atomic mass is 35.5. The van der Waals surface area contributed by atoms with Gasteiger partial charge in [0.2, 0.25) is 0 Å². The number of nitrogens with one attached hydrogen (secondary N) is 4. The maximum Gasteiger partial charge on any atom is 0.315 e. The van der Waals surface area contributed by atoms with Crippen LogP contribution in [0.15, 0.2) is 24.3 Å². The summed E-state index contributed by atoms with van der Waals surface area (Å²) in [5, 5.41) is 11.5. The van der Waals surface area contributed by atoms with Crippen molar-refractivity contribution in [1.82, 2.24) is 21.3 Å². The third kappa shape index (κ3) is 10.6. The summed E-state index contributed by atoms with van der Waals surface area (Å²) in [6.07, 6.45) is 0. The van der Waals surface area contributed by atoms with Crippen molar-refractivity contribution in [2.45, 2.75) is 26.4 Å². The predicted octanol–water partition coefficient (Wildman–Crippen LogP) is 1.28. The molecule has 0 radical (unpaired) electrons. The van der Waals surface area contributed by atoms with Crippen molar-refractivity contribution < 1.29 is 14.3 Å². The largest absolute Gasteiger partial charge is 0.383 e. The van der Waals surface area contributed by atoms with Gasteiger partial charge >= 0.3 is 6.03 Å². The molecule has 0 aliphatic carbocycles. The third-order valence-corrected chi connectivity index (χ3v) is 3.16. The molecule has 0 fully saturated rings. The van der Waals surface area contributed by atoms with Crippen molar-refractivity contribution in [2.24, 2.45) is 0 Å². The van der Waals surface area contributed by atoms with E-state index >= 15 is 0 Å². The van der Waals surface area contributed by atoms with Gasteiger partial charge in [0, 0.05) is 44.9 Å². The first-order chi connectivity index (χ1) is 11.5. The third-order valence-electron chi connectivity index (χ3n) is 3.16. The Bertz CT molecular complexity index is 509. The fraction of sp³-hybridized carbons (Fsp3) is 0.529. The normalized spacial score (nSPS) is 10.1. The molecule has 1 aromatic rings. The molecule has 0 saturated carbocycles. The number of urea groups is 1. The molecule has 0 aliphatic heterocycles. The topological polar surface area (TPSA) is 91.5 Å². The Balaban J connectivity index is 0.00000576. The fourth-order valence-corrected chi connectivity index (χ4v) is 1.94. The number of halogens is 1. The van der Waals surface area contributed by atoms with Gasteiger partial charge in [-0.3, -0.25) is 4.79 Å². The second kappa shape index (κ2) is 13.5. The van der Waals surface area contributed by atoms with Crippen LogP contribution in [0.1, 0.15) is 29.8 Å².